The van der Waals surface area contributed by atoms with E-state index in [0.717, 1.165) is 38.8 Å². The summed E-state index contributed by atoms with van der Waals surface area (Å²) in [5, 5.41) is 3.62. The quantitative estimate of drug-likeness (QED) is 0.693. The van der Waals surface area contributed by atoms with Crippen LogP contribution in [0, 0.1) is 0 Å². The van der Waals surface area contributed by atoms with E-state index in [1.165, 1.54) is 0 Å². The number of likely N-dealkylation sites (tertiary alicyclic amines) is 1. The lowest BCUT2D eigenvalue weighted by molar-refractivity contribution is 0.164. The minimum absolute atomic E-state index is 0.139. The molecule has 2 fully saturated rings. The van der Waals surface area contributed by atoms with E-state index in [9.17, 15) is 4.39 Å². The first-order valence-corrected chi connectivity index (χ1v) is 6.91. The molecule has 0 spiro atoms. The van der Waals surface area contributed by atoms with E-state index >= 15 is 0 Å². The molecule has 98 valence electrons. The maximum atomic E-state index is 13.9. The van der Waals surface area contributed by atoms with Crippen molar-refractivity contribution < 1.29 is 4.39 Å². The van der Waals surface area contributed by atoms with Crippen molar-refractivity contribution in [1.29, 1.82) is 0 Å². The molecule has 0 aromatic carbocycles. The lowest BCUT2D eigenvalue weighted by atomic mass is 9.70. The molecule has 1 heterocycles. The molecule has 0 aromatic heterocycles. The highest BCUT2D eigenvalue weighted by Gasteiger charge is 2.34. The van der Waals surface area contributed by atoms with Crippen LogP contribution in [-0.4, -0.2) is 49.7 Å². The van der Waals surface area contributed by atoms with E-state index in [2.05, 4.69) is 10.2 Å². The van der Waals surface area contributed by atoms with Crippen molar-refractivity contribution in [2.45, 2.75) is 62.8 Å². The molecule has 17 heavy (non-hydrogen) atoms. The average molecular weight is 241 g/mol. The molecule has 0 radical (unpaired) electrons. The van der Waals surface area contributed by atoms with Crippen LogP contribution in [-0.2, 0) is 0 Å². The largest absolute Gasteiger partial charge is 0.316 e. The molecule has 3 nitrogen and oxygen atoms in total. The van der Waals surface area contributed by atoms with Gasteiger partial charge in [-0.1, -0.05) is 0 Å². The van der Waals surface area contributed by atoms with Gasteiger partial charge in [-0.05, 0) is 39.0 Å². The first-order valence-electron chi connectivity index (χ1n) is 6.91. The Morgan fingerprint density at radius 2 is 2.24 bits per heavy atom. The van der Waals surface area contributed by atoms with Gasteiger partial charge in [0, 0.05) is 25.2 Å². The summed E-state index contributed by atoms with van der Waals surface area (Å²) in [6.45, 7) is 4.10. The number of nitrogens with zero attached hydrogens (tertiary/aromatic N) is 1. The normalized spacial score (nSPS) is 41.6. The number of alkyl halides is 1. The first kappa shape index (κ1) is 13.3. The fourth-order valence-corrected chi connectivity index (χ4v) is 3.20. The summed E-state index contributed by atoms with van der Waals surface area (Å²) < 4.78 is 13.9. The van der Waals surface area contributed by atoms with Crippen molar-refractivity contribution in [1.82, 2.24) is 10.2 Å². The van der Waals surface area contributed by atoms with E-state index in [-0.39, 0.29) is 6.17 Å². The topological polar surface area (TPSA) is 41.3 Å². The monoisotopic (exact) mass is 241 g/mol. The minimum atomic E-state index is -0.963. The summed E-state index contributed by atoms with van der Waals surface area (Å²) in [4.78, 5) is 2.29. The van der Waals surface area contributed by atoms with Gasteiger partial charge >= 0.3 is 0 Å². The van der Waals surface area contributed by atoms with Gasteiger partial charge in [-0.15, -0.1) is 0 Å². The Morgan fingerprint density at radius 3 is 2.82 bits per heavy atom. The summed E-state index contributed by atoms with van der Waals surface area (Å²) in [6.07, 6.45) is 4.80. The first-order chi connectivity index (χ1) is 7.96. The van der Waals surface area contributed by atoms with E-state index in [1.54, 1.807) is 7.85 Å². The standard InChI is InChI=1S/C12H25BFN3/c1-9(15)17-6-4-11(8-17)16-10-3-2-5-12(13,14)7-10/h9-11,16H,2-8,13,15H2,1H3/t9?,10?,11-,12?/m0/s1. The Morgan fingerprint density at radius 1 is 1.47 bits per heavy atom. The Balaban J connectivity index is 1.78. The van der Waals surface area contributed by atoms with Gasteiger partial charge in [0.05, 0.1) is 11.7 Å². The minimum Gasteiger partial charge on any atom is -0.316 e. The zero-order valence-corrected chi connectivity index (χ0v) is 11.1. The number of hydrogen-bond donors (Lipinski definition) is 2. The number of rotatable bonds is 3. The van der Waals surface area contributed by atoms with Gasteiger partial charge in [-0.25, -0.2) is 0 Å². The van der Waals surface area contributed by atoms with Gasteiger partial charge in [0.1, 0.15) is 7.85 Å². The van der Waals surface area contributed by atoms with Crippen molar-refractivity contribution in [3.63, 3.8) is 0 Å². The van der Waals surface area contributed by atoms with E-state index in [1.807, 2.05) is 6.92 Å². The van der Waals surface area contributed by atoms with Crippen LogP contribution in [0.25, 0.3) is 0 Å². The lowest BCUT2D eigenvalue weighted by Crippen LogP contribution is -2.47. The fraction of sp³-hybridized carbons (Fsp3) is 1.00. The lowest BCUT2D eigenvalue weighted by Gasteiger charge is -2.34. The zero-order valence-electron chi connectivity index (χ0n) is 11.1. The average Bonchev–Trinajstić information content (AvgIpc) is 2.64. The Kier molecular flexibility index (Phi) is 4.11. The third-order valence-corrected chi connectivity index (χ3v) is 4.19. The second-order valence-corrected chi connectivity index (χ2v) is 6.09. The van der Waals surface area contributed by atoms with Crippen LogP contribution in [0.3, 0.4) is 0 Å². The van der Waals surface area contributed by atoms with E-state index in [0.29, 0.717) is 18.5 Å². The maximum Gasteiger partial charge on any atom is 0.150 e. The zero-order chi connectivity index (χ0) is 12.5. The smallest absolute Gasteiger partial charge is 0.150 e. The van der Waals surface area contributed by atoms with Crippen LogP contribution in [0.1, 0.15) is 39.0 Å². The summed E-state index contributed by atoms with van der Waals surface area (Å²) in [5.74, 6) is 0. The molecular weight excluding hydrogens is 216 g/mol. The summed E-state index contributed by atoms with van der Waals surface area (Å²) in [7, 11) is 1.74. The van der Waals surface area contributed by atoms with Gasteiger partial charge in [0.2, 0.25) is 0 Å². The Labute approximate surface area is 105 Å². The third kappa shape index (κ3) is 3.67. The second-order valence-electron chi connectivity index (χ2n) is 6.09. The second kappa shape index (κ2) is 5.25. The van der Waals surface area contributed by atoms with Crippen LogP contribution in [0.15, 0.2) is 0 Å². The predicted molar refractivity (Wildman–Crippen MR) is 71.4 cm³/mol. The molecular formula is C12H25BFN3. The molecule has 1 aliphatic carbocycles. The molecule has 3 unspecified atom stereocenters. The van der Waals surface area contributed by atoms with Gasteiger partial charge < -0.3 is 11.1 Å². The summed E-state index contributed by atoms with van der Waals surface area (Å²) >= 11 is 0. The van der Waals surface area contributed by atoms with Crippen LogP contribution in [0.5, 0.6) is 0 Å². The summed E-state index contributed by atoms with van der Waals surface area (Å²) in [6, 6.07) is 0.858. The molecule has 2 aliphatic rings. The van der Waals surface area contributed by atoms with Crippen LogP contribution >= 0.6 is 0 Å². The Bertz CT molecular complexity index is 260. The third-order valence-electron chi connectivity index (χ3n) is 4.19. The van der Waals surface area contributed by atoms with Gasteiger partial charge in [-0.3, -0.25) is 9.29 Å². The predicted octanol–water partition coefficient (Wildman–Crippen LogP) is 0.197. The number of halogens is 1. The molecule has 1 saturated carbocycles. The highest BCUT2D eigenvalue weighted by atomic mass is 19.1. The highest BCUT2D eigenvalue weighted by Crippen LogP contribution is 2.29. The van der Waals surface area contributed by atoms with Crippen molar-refractivity contribution in [3.8, 4) is 0 Å². The number of hydrogen-bond acceptors (Lipinski definition) is 3. The van der Waals surface area contributed by atoms with Crippen molar-refractivity contribution in [2.75, 3.05) is 13.1 Å². The van der Waals surface area contributed by atoms with Crippen LogP contribution < -0.4 is 11.1 Å². The van der Waals surface area contributed by atoms with Crippen molar-refractivity contribution in [2.24, 2.45) is 5.73 Å². The molecule has 3 N–H and O–H groups in total. The molecule has 1 saturated heterocycles. The molecule has 1 aliphatic heterocycles. The van der Waals surface area contributed by atoms with Crippen LogP contribution in [0.2, 0.25) is 0 Å². The number of nitrogens with one attached hydrogen (secondary N) is 1. The molecule has 0 aromatic rings. The van der Waals surface area contributed by atoms with Gasteiger partial charge in [0.25, 0.3) is 0 Å². The molecule has 4 atom stereocenters. The maximum absolute atomic E-state index is 13.9. The van der Waals surface area contributed by atoms with Gasteiger partial charge in [0.15, 0.2) is 0 Å². The SMILES string of the molecule is BC1(F)CCCC(N[C@H]2CCN(C(C)N)C2)C1. The molecule has 0 bridgehead atoms. The molecule has 0 amide bonds. The highest BCUT2D eigenvalue weighted by molar-refractivity contribution is 6.14. The number of nitrogens with two attached hydrogens (primary N) is 1. The van der Waals surface area contributed by atoms with E-state index in [4.69, 9.17) is 5.73 Å². The summed E-state index contributed by atoms with van der Waals surface area (Å²) in [5.41, 5.74) is 4.91. The van der Waals surface area contributed by atoms with Crippen molar-refractivity contribution >= 4 is 7.85 Å². The van der Waals surface area contributed by atoms with E-state index < -0.39 is 5.57 Å². The Hall–Kier alpha value is -0.125. The molecule has 5 heteroatoms. The molecule has 2 rings (SSSR count). The fourth-order valence-electron chi connectivity index (χ4n) is 3.20. The van der Waals surface area contributed by atoms with Crippen LogP contribution in [0.4, 0.5) is 4.39 Å². The van der Waals surface area contributed by atoms with Gasteiger partial charge in [-0.2, -0.15) is 0 Å². The van der Waals surface area contributed by atoms with Crippen molar-refractivity contribution in [3.05, 3.63) is 0 Å².